The molecule has 5 rings (SSSR count). The van der Waals surface area contributed by atoms with Gasteiger partial charge in [0.05, 0.1) is 23.0 Å². The van der Waals surface area contributed by atoms with Crippen molar-refractivity contribution in [2.24, 2.45) is 0 Å². The van der Waals surface area contributed by atoms with Crippen molar-refractivity contribution in [2.75, 3.05) is 42.5 Å². The van der Waals surface area contributed by atoms with Gasteiger partial charge in [0, 0.05) is 55.8 Å². The van der Waals surface area contributed by atoms with E-state index >= 15 is 0 Å². The maximum absolute atomic E-state index is 13.5. The van der Waals surface area contributed by atoms with Gasteiger partial charge in [0.2, 0.25) is 0 Å². The molecule has 7 heteroatoms. The number of aryl methyl sites for hydroxylation is 1. The average Bonchev–Trinajstić information content (AvgIpc) is 2.87. The zero-order valence-electron chi connectivity index (χ0n) is 19.5. The van der Waals surface area contributed by atoms with Crippen molar-refractivity contribution in [1.82, 2.24) is 14.9 Å². The van der Waals surface area contributed by atoms with Gasteiger partial charge in [-0.2, -0.15) is 0 Å². The number of allylic oxidation sites excluding steroid dienone is 1. The molecule has 1 saturated heterocycles. The first-order valence-corrected chi connectivity index (χ1v) is 12.2. The van der Waals surface area contributed by atoms with Crippen molar-refractivity contribution < 1.29 is 4.39 Å². The van der Waals surface area contributed by atoms with Crippen molar-refractivity contribution in [3.05, 3.63) is 83.2 Å². The molecule has 0 N–H and O–H groups in total. The summed E-state index contributed by atoms with van der Waals surface area (Å²) >= 11 is 6.61. The van der Waals surface area contributed by atoms with Crippen molar-refractivity contribution in [1.29, 1.82) is 0 Å². The molecule has 0 unspecified atom stereocenters. The van der Waals surface area contributed by atoms with Crippen LogP contribution in [0.5, 0.6) is 0 Å². The number of nitrogens with zero attached hydrogens (tertiary/aromatic N) is 5. The van der Waals surface area contributed by atoms with E-state index < -0.39 is 5.83 Å². The highest BCUT2D eigenvalue weighted by atomic mass is 35.5. The van der Waals surface area contributed by atoms with E-state index in [1.807, 2.05) is 17.0 Å². The topological polar surface area (TPSA) is 35.5 Å². The van der Waals surface area contributed by atoms with Crippen LogP contribution in [0.1, 0.15) is 24.0 Å². The quantitative estimate of drug-likeness (QED) is 0.452. The summed E-state index contributed by atoms with van der Waals surface area (Å²) in [4.78, 5) is 16.5. The number of hydrogen-bond acceptors (Lipinski definition) is 5. The molecule has 2 aliphatic rings. The van der Waals surface area contributed by atoms with Crippen LogP contribution in [0.2, 0.25) is 5.02 Å². The molecule has 0 aliphatic carbocycles. The summed E-state index contributed by atoms with van der Waals surface area (Å²) in [5.41, 5.74) is 3.83. The Bertz CT molecular complexity index is 1260. The fourth-order valence-corrected chi connectivity index (χ4v) is 5.26. The first-order chi connectivity index (χ1) is 16.5. The van der Waals surface area contributed by atoms with Crippen molar-refractivity contribution in [3.63, 3.8) is 0 Å². The Morgan fingerprint density at radius 1 is 1.00 bits per heavy atom. The van der Waals surface area contributed by atoms with E-state index in [0.717, 1.165) is 77.8 Å². The van der Waals surface area contributed by atoms with Crippen LogP contribution < -0.4 is 9.80 Å². The van der Waals surface area contributed by atoms with E-state index in [1.54, 1.807) is 0 Å². The molecule has 0 bridgehead atoms. The molecule has 0 saturated carbocycles. The Balaban J connectivity index is 1.44. The number of benzene rings is 2. The third-order valence-electron chi connectivity index (χ3n) is 6.85. The van der Waals surface area contributed by atoms with Gasteiger partial charge in [-0.1, -0.05) is 55.9 Å². The smallest absolute Gasteiger partial charge is 0.138 e. The predicted octanol–water partition coefficient (Wildman–Crippen LogP) is 5.53. The second kappa shape index (κ2) is 9.26. The summed E-state index contributed by atoms with van der Waals surface area (Å²) in [5, 5.41) is 3.00. The molecule has 0 atom stereocenters. The second-order valence-electron chi connectivity index (χ2n) is 8.85. The highest BCUT2D eigenvalue weighted by molar-refractivity contribution is 6.36. The lowest BCUT2D eigenvalue weighted by Crippen LogP contribution is -2.47. The Morgan fingerprint density at radius 3 is 2.44 bits per heavy atom. The van der Waals surface area contributed by atoms with Gasteiger partial charge >= 0.3 is 0 Å². The van der Waals surface area contributed by atoms with Gasteiger partial charge in [-0.25, -0.2) is 14.4 Å². The maximum Gasteiger partial charge on any atom is 0.138 e. The number of rotatable bonds is 5. The molecule has 2 aromatic carbocycles. The normalized spacial score (nSPS) is 16.0. The molecule has 3 aromatic rings. The summed E-state index contributed by atoms with van der Waals surface area (Å²) in [7, 11) is 0. The molecule has 34 heavy (non-hydrogen) atoms. The standard InChI is InChI=1S/C27H29ClFN5/c1-4-25-30-23-17-34(24-10-6-8-20-7-5-9-22(28)26(20)24)12-11-21(23)27(31-25)33-15-13-32(14-16-33)19(3)18(2)29/h5-10H,2-4,11-17H2,1H3. The zero-order valence-corrected chi connectivity index (χ0v) is 20.3. The van der Waals surface area contributed by atoms with Crippen LogP contribution in [0.3, 0.4) is 0 Å². The molecule has 0 radical (unpaired) electrons. The Labute approximate surface area is 205 Å². The van der Waals surface area contributed by atoms with E-state index in [-0.39, 0.29) is 0 Å². The minimum atomic E-state index is -0.463. The maximum atomic E-state index is 13.5. The van der Waals surface area contributed by atoms with Crippen LogP contribution in [0.4, 0.5) is 15.9 Å². The number of halogens is 2. The lowest BCUT2D eigenvalue weighted by atomic mass is 10.0. The minimum Gasteiger partial charge on any atom is -0.366 e. The molecule has 0 spiro atoms. The number of piperazine rings is 1. The van der Waals surface area contributed by atoms with Gasteiger partial charge in [-0.05, 0) is 23.9 Å². The van der Waals surface area contributed by atoms with E-state index in [9.17, 15) is 4.39 Å². The largest absolute Gasteiger partial charge is 0.366 e. The molecule has 176 valence electrons. The van der Waals surface area contributed by atoms with E-state index in [1.165, 1.54) is 5.56 Å². The summed E-state index contributed by atoms with van der Waals surface area (Å²) in [6, 6.07) is 12.4. The average molecular weight is 478 g/mol. The van der Waals surface area contributed by atoms with Gasteiger partial charge in [-0.3, -0.25) is 0 Å². The van der Waals surface area contributed by atoms with Crippen LogP contribution in [0.25, 0.3) is 10.8 Å². The summed E-state index contributed by atoms with van der Waals surface area (Å²) in [5.74, 6) is 1.42. The number of aromatic nitrogens is 2. The highest BCUT2D eigenvalue weighted by Crippen LogP contribution is 2.36. The fraction of sp³-hybridized carbons (Fsp3) is 0.333. The van der Waals surface area contributed by atoms with Crippen molar-refractivity contribution in [2.45, 2.75) is 26.3 Å². The predicted molar refractivity (Wildman–Crippen MR) is 138 cm³/mol. The van der Waals surface area contributed by atoms with E-state index in [0.29, 0.717) is 18.8 Å². The number of fused-ring (bicyclic) bond motifs is 2. The highest BCUT2D eigenvalue weighted by Gasteiger charge is 2.28. The molecule has 1 fully saturated rings. The zero-order chi connectivity index (χ0) is 23.8. The van der Waals surface area contributed by atoms with Crippen molar-refractivity contribution in [3.8, 4) is 0 Å². The fourth-order valence-electron chi connectivity index (χ4n) is 4.99. The third kappa shape index (κ3) is 4.11. The molecule has 0 amide bonds. The number of anilines is 2. The molecule has 3 heterocycles. The van der Waals surface area contributed by atoms with E-state index in [2.05, 4.69) is 54.1 Å². The monoisotopic (exact) mass is 477 g/mol. The summed E-state index contributed by atoms with van der Waals surface area (Å²) in [6.45, 7) is 13.8. The van der Waals surface area contributed by atoms with Gasteiger partial charge < -0.3 is 14.7 Å². The lowest BCUT2D eigenvalue weighted by Gasteiger charge is -2.39. The number of hydrogen-bond donors (Lipinski definition) is 0. The minimum absolute atomic E-state index is 0.378. The third-order valence-corrected chi connectivity index (χ3v) is 7.17. The van der Waals surface area contributed by atoms with Gasteiger partial charge in [0.15, 0.2) is 0 Å². The van der Waals surface area contributed by atoms with Gasteiger partial charge in [0.1, 0.15) is 17.5 Å². The summed E-state index contributed by atoms with van der Waals surface area (Å²) in [6.07, 6.45) is 1.64. The Hall–Kier alpha value is -3.12. The molecule has 5 nitrogen and oxygen atoms in total. The first-order valence-electron chi connectivity index (χ1n) is 11.8. The molecular formula is C27H29ClFN5. The first kappa shape index (κ1) is 22.7. The van der Waals surface area contributed by atoms with E-state index in [4.69, 9.17) is 21.6 Å². The summed E-state index contributed by atoms with van der Waals surface area (Å²) < 4.78 is 13.5. The van der Waals surface area contributed by atoms with Crippen molar-refractivity contribution >= 4 is 33.9 Å². The molecule has 1 aromatic heterocycles. The lowest BCUT2D eigenvalue weighted by molar-refractivity contribution is 0.315. The van der Waals surface area contributed by atoms with Crippen LogP contribution in [-0.4, -0.2) is 47.6 Å². The van der Waals surface area contributed by atoms with Crippen LogP contribution in [0.15, 0.2) is 61.1 Å². The van der Waals surface area contributed by atoms with Crippen LogP contribution in [-0.2, 0) is 19.4 Å². The van der Waals surface area contributed by atoms with Crippen LogP contribution in [0, 0.1) is 0 Å². The van der Waals surface area contributed by atoms with Gasteiger partial charge in [-0.15, -0.1) is 0 Å². The molecule has 2 aliphatic heterocycles. The Kier molecular flexibility index (Phi) is 6.17. The second-order valence-corrected chi connectivity index (χ2v) is 9.26. The molecular weight excluding hydrogens is 449 g/mol. The SMILES string of the molecule is C=C(F)C(=C)N1CCN(c2nc(CC)nc3c2CCN(c2cccc4cccc(Cl)c24)C3)CC1. The Morgan fingerprint density at radius 2 is 1.74 bits per heavy atom. The van der Waals surface area contributed by atoms with Crippen LogP contribution >= 0.6 is 11.6 Å². The van der Waals surface area contributed by atoms with Gasteiger partial charge in [0.25, 0.3) is 0 Å².